The molecule has 0 saturated heterocycles. The monoisotopic (exact) mass is 687 g/mol. The van der Waals surface area contributed by atoms with Gasteiger partial charge in [-0.15, -0.1) is 0 Å². The summed E-state index contributed by atoms with van der Waals surface area (Å²) in [6.45, 7) is 0. The second kappa shape index (κ2) is 12.2. The second-order valence-corrected chi connectivity index (χ2v) is 14.1. The molecule has 11 aromatic rings. The van der Waals surface area contributed by atoms with E-state index in [0.717, 1.165) is 50.0 Å². The number of anilines is 3. The average molecular weight is 688 g/mol. The van der Waals surface area contributed by atoms with E-state index in [4.69, 9.17) is 4.42 Å². The molecular weight excluding hydrogens is 655 g/mol. The van der Waals surface area contributed by atoms with Crippen molar-refractivity contribution in [1.29, 1.82) is 0 Å². The summed E-state index contributed by atoms with van der Waals surface area (Å²) in [6, 6.07) is 72.2. The molecule has 0 aliphatic heterocycles. The van der Waals surface area contributed by atoms with Crippen LogP contribution in [0.3, 0.4) is 0 Å². The number of hydrogen-bond donors (Lipinski definition) is 0. The van der Waals surface area contributed by atoms with Crippen LogP contribution < -0.4 is 4.90 Å². The minimum absolute atomic E-state index is 0.866. The van der Waals surface area contributed by atoms with Crippen molar-refractivity contribution in [3.63, 3.8) is 0 Å². The third-order valence-corrected chi connectivity index (χ3v) is 11.0. The van der Waals surface area contributed by atoms with Crippen molar-refractivity contribution >= 4 is 82.1 Å². The van der Waals surface area contributed by atoms with Crippen LogP contribution >= 0.6 is 0 Å². The number of para-hydroxylation sites is 1. The lowest BCUT2D eigenvalue weighted by atomic mass is 9.91. The minimum atomic E-state index is 0.866. The highest BCUT2D eigenvalue weighted by molar-refractivity contribution is 6.24. The molecule has 1 heterocycles. The van der Waals surface area contributed by atoms with Crippen molar-refractivity contribution in [2.75, 3.05) is 4.90 Å². The highest BCUT2D eigenvalue weighted by Gasteiger charge is 2.21. The van der Waals surface area contributed by atoms with Gasteiger partial charge < -0.3 is 9.32 Å². The van der Waals surface area contributed by atoms with Gasteiger partial charge in [0.15, 0.2) is 5.58 Å². The topological polar surface area (TPSA) is 16.4 Å². The van der Waals surface area contributed by atoms with Crippen molar-refractivity contribution in [3.8, 4) is 22.3 Å². The molecule has 1 aromatic heterocycles. The van der Waals surface area contributed by atoms with Gasteiger partial charge >= 0.3 is 0 Å². The Morgan fingerprint density at radius 2 is 0.907 bits per heavy atom. The fourth-order valence-electron chi connectivity index (χ4n) is 8.47. The predicted molar refractivity (Wildman–Crippen MR) is 229 cm³/mol. The van der Waals surface area contributed by atoms with E-state index in [1.165, 1.54) is 54.4 Å². The van der Waals surface area contributed by atoms with Gasteiger partial charge in [0.2, 0.25) is 0 Å². The fraction of sp³-hybridized carbons (Fsp3) is 0. The summed E-state index contributed by atoms with van der Waals surface area (Å²) in [4.78, 5) is 2.34. The van der Waals surface area contributed by atoms with Crippen LogP contribution in [0.4, 0.5) is 17.1 Å². The number of furan rings is 1. The zero-order valence-corrected chi connectivity index (χ0v) is 29.4. The first-order chi connectivity index (χ1) is 26.8. The van der Waals surface area contributed by atoms with E-state index in [-0.39, 0.29) is 0 Å². The number of hydrogen-bond acceptors (Lipinski definition) is 2. The van der Waals surface area contributed by atoms with Gasteiger partial charge in [-0.2, -0.15) is 0 Å². The van der Waals surface area contributed by atoms with Gasteiger partial charge in [0.1, 0.15) is 5.58 Å². The van der Waals surface area contributed by atoms with Crippen molar-refractivity contribution in [1.82, 2.24) is 0 Å². The van der Waals surface area contributed by atoms with E-state index in [1.807, 2.05) is 0 Å². The molecule has 0 N–H and O–H groups in total. The van der Waals surface area contributed by atoms with Crippen LogP contribution in [0.2, 0.25) is 0 Å². The molecule has 54 heavy (non-hydrogen) atoms. The van der Waals surface area contributed by atoms with Crippen LogP contribution in [-0.2, 0) is 0 Å². The summed E-state index contributed by atoms with van der Waals surface area (Å²) in [7, 11) is 0. The van der Waals surface area contributed by atoms with Crippen LogP contribution in [0.1, 0.15) is 0 Å². The zero-order valence-electron chi connectivity index (χ0n) is 29.4. The molecule has 0 fully saturated rings. The van der Waals surface area contributed by atoms with Crippen LogP contribution in [-0.4, -0.2) is 0 Å². The Kier molecular flexibility index (Phi) is 6.90. The van der Waals surface area contributed by atoms with E-state index < -0.39 is 0 Å². The second-order valence-electron chi connectivity index (χ2n) is 14.1. The molecule has 0 saturated carbocycles. The van der Waals surface area contributed by atoms with Crippen molar-refractivity contribution < 1.29 is 4.42 Å². The Morgan fingerprint density at radius 1 is 0.315 bits per heavy atom. The molecule has 252 valence electrons. The smallest absolute Gasteiger partial charge is 0.159 e. The fourth-order valence-corrected chi connectivity index (χ4v) is 8.47. The van der Waals surface area contributed by atoms with Gasteiger partial charge in [0, 0.05) is 27.5 Å². The van der Waals surface area contributed by atoms with Crippen molar-refractivity contribution in [2.45, 2.75) is 0 Å². The van der Waals surface area contributed by atoms with Gasteiger partial charge in [0.05, 0.1) is 5.69 Å². The highest BCUT2D eigenvalue weighted by Crippen LogP contribution is 2.45. The van der Waals surface area contributed by atoms with Gasteiger partial charge in [0.25, 0.3) is 0 Å². The predicted octanol–water partition coefficient (Wildman–Crippen LogP) is 15.0. The molecule has 10 aromatic carbocycles. The molecule has 2 nitrogen and oxygen atoms in total. The molecular formula is C52H33NO. The summed E-state index contributed by atoms with van der Waals surface area (Å²) in [5.74, 6) is 0. The first-order valence-corrected chi connectivity index (χ1v) is 18.5. The maximum Gasteiger partial charge on any atom is 0.159 e. The zero-order chi connectivity index (χ0) is 35.6. The number of benzene rings is 10. The molecule has 0 aliphatic rings. The summed E-state index contributed by atoms with van der Waals surface area (Å²) < 4.78 is 6.91. The van der Waals surface area contributed by atoms with Gasteiger partial charge in [-0.1, -0.05) is 164 Å². The largest absolute Gasteiger partial charge is 0.453 e. The molecule has 2 heteroatoms. The summed E-state index contributed by atoms with van der Waals surface area (Å²) >= 11 is 0. The van der Waals surface area contributed by atoms with E-state index in [1.54, 1.807) is 0 Å². The van der Waals surface area contributed by atoms with Gasteiger partial charge in [-0.25, -0.2) is 0 Å². The quantitative estimate of drug-likeness (QED) is 0.168. The summed E-state index contributed by atoms with van der Waals surface area (Å²) in [5.41, 5.74) is 9.63. The van der Waals surface area contributed by atoms with Crippen molar-refractivity contribution in [2.24, 2.45) is 0 Å². The van der Waals surface area contributed by atoms with Crippen LogP contribution in [0.5, 0.6) is 0 Å². The molecule has 0 aliphatic carbocycles. The SMILES string of the molecule is c1ccc(-c2cccc(N(c3ccc(-c4cccc5ccc6ccc7ccccc7c6c45)cc3)c3cccc4c3oc3c5ccccc5ccc43)c2)cc1. The van der Waals surface area contributed by atoms with E-state index in [9.17, 15) is 0 Å². The van der Waals surface area contributed by atoms with E-state index in [2.05, 4.69) is 205 Å². The lowest BCUT2D eigenvalue weighted by Gasteiger charge is -2.26. The van der Waals surface area contributed by atoms with Crippen molar-refractivity contribution in [3.05, 3.63) is 200 Å². The Hall–Kier alpha value is -7.16. The molecule has 0 spiro atoms. The summed E-state index contributed by atoms with van der Waals surface area (Å²) in [5, 5.41) is 12.1. The number of fused-ring (bicyclic) bond motifs is 10. The van der Waals surface area contributed by atoms with Crippen LogP contribution in [0.15, 0.2) is 205 Å². The van der Waals surface area contributed by atoms with Gasteiger partial charge in [-0.05, 0) is 96.4 Å². The minimum Gasteiger partial charge on any atom is -0.453 e. The molecule has 0 amide bonds. The Balaban J connectivity index is 1.12. The third kappa shape index (κ3) is 4.81. The van der Waals surface area contributed by atoms with E-state index >= 15 is 0 Å². The maximum absolute atomic E-state index is 6.91. The third-order valence-electron chi connectivity index (χ3n) is 11.0. The first-order valence-electron chi connectivity index (χ1n) is 18.5. The Morgan fingerprint density at radius 3 is 1.74 bits per heavy atom. The van der Waals surface area contributed by atoms with Gasteiger partial charge in [-0.3, -0.25) is 0 Å². The summed E-state index contributed by atoms with van der Waals surface area (Å²) in [6.07, 6.45) is 0. The lowest BCUT2D eigenvalue weighted by molar-refractivity contribution is 0.673. The molecule has 0 unspecified atom stereocenters. The lowest BCUT2D eigenvalue weighted by Crippen LogP contribution is -2.10. The standard InChI is InChI=1S/C52H33NO/c1-2-11-34(12-3-1)40-16-8-17-42(33-40)53(48-22-10-21-46-47-32-29-36-14-5-7-19-45(36)51(47)54-52(46)48)41-30-27-37(28-31-41)44-20-9-15-38-25-26-39-24-23-35-13-4-6-18-43(35)50(39)49(38)44/h1-33H. The normalized spacial score (nSPS) is 11.7. The maximum atomic E-state index is 6.91. The molecule has 0 radical (unpaired) electrons. The number of rotatable bonds is 5. The first kappa shape index (κ1) is 30.5. The Labute approximate surface area is 312 Å². The molecule has 0 bridgehead atoms. The van der Waals surface area contributed by atoms with E-state index in [0.29, 0.717) is 0 Å². The highest BCUT2D eigenvalue weighted by atomic mass is 16.3. The Bertz CT molecular complexity index is 3210. The molecule has 11 rings (SSSR count). The van der Waals surface area contributed by atoms with Crippen LogP contribution in [0.25, 0.3) is 87.3 Å². The molecule has 0 atom stereocenters. The van der Waals surface area contributed by atoms with Crippen LogP contribution in [0, 0.1) is 0 Å². The number of nitrogens with zero attached hydrogens (tertiary/aromatic N) is 1. The average Bonchev–Trinajstić information content (AvgIpc) is 3.64.